The molecule has 1 saturated heterocycles. The molecule has 1 atom stereocenters. The molecule has 2 amide bonds. The second-order valence-corrected chi connectivity index (χ2v) is 5.91. The van der Waals surface area contributed by atoms with Crippen LogP contribution in [-0.2, 0) is 29.6 Å². The van der Waals surface area contributed by atoms with Crippen molar-refractivity contribution < 1.29 is 18.7 Å². The van der Waals surface area contributed by atoms with Crippen LogP contribution in [0.3, 0.4) is 0 Å². The number of aromatic nitrogens is 2. The van der Waals surface area contributed by atoms with E-state index in [4.69, 9.17) is 4.74 Å². The molecule has 7 heteroatoms. The quantitative estimate of drug-likeness (QED) is 0.782. The van der Waals surface area contributed by atoms with Gasteiger partial charge < -0.3 is 4.74 Å². The number of hydrogen-bond acceptors (Lipinski definition) is 4. The minimum atomic E-state index is -0.513. The van der Waals surface area contributed by atoms with E-state index in [1.807, 2.05) is 6.20 Å². The molecule has 0 radical (unpaired) electrons. The average Bonchev–Trinajstić information content (AvgIpc) is 3.06. The van der Waals surface area contributed by atoms with Crippen LogP contribution in [0, 0.1) is 11.7 Å². The van der Waals surface area contributed by atoms with Gasteiger partial charge in [-0.2, -0.15) is 5.10 Å². The molecule has 0 N–H and O–H groups in total. The van der Waals surface area contributed by atoms with Crippen molar-refractivity contribution in [3.8, 4) is 5.75 Å². The average molecular weight is 331 g/mol. The summed E-state index contributed by atoms with van der Waals surface area (Å²) in [5.41, 5.74) is 1.47. The highest BCUT2D eigenvalue weighted by Crippen LogP contribution is 2.26. The molecule has 0 bridgehead atoms. The van der Waals surface area contributed by atoms with E-state index < -0.39 is 5.82 Å². The Labute approximate surface area is 138 Å². The second kappa shape index (κ2) is 6.43. The van der Waals surface area contributed by atoms with Crippen LogP contribution in [-0.4, -0.2) is 33.6 Å². The molecule has 0 unspecified atom stereocenters. The monoisotopic (exact) mass is 331 g/mol. The van der Waals surface area contributed by atoms with E-state index in [1.54, 1.807) is 24.0 Å². The van der Waals surface area contributed by atoms with Crippen molar-refractivity contribution in [1.29, 1.82) is 0 Å². The summed E-state index contributed by atoms with van der Waals surface area (Å²) in [5, 5.41) is 4.07. The fourth-order valence-electron chi connectivity index (χ4n) is 2.93. The molecule has 3 rings (SSSR count). The zero-order valence-electron chi connectivity index (χ0n) is 13.5. The highest BCUT2D eigenvalue weighted by atomic mass is 19.1. The van der Waals surface area contributed by atoms with Gasteiger partial charge in [-0.1, -0.05) is 6.07 Å². The Bertz CT molecular complexity index is 787. The van der Waals surface area contributed by atoms with Crippen LogP contribution in [0.1, 0.15) is 17.5 Å². The number of rotatable bonds is 5. The van der Waals surface area contributed by atoms with E-state index in [1.165, 1.54) is 24.1 Å². The smallest absolute Gasteiger partial charge is 0.233 e. The summed E-state index contributed by atoms with van der Waals surface area (Å²) in [4.78, 5) is 25.9. The number of aryl methyl sites for hydroxylation is 1. The predicted molar refractivity (Wildman–Crippen MR) is 83.5 cm³/mol. The van der Waals surface area contributed by atoms with Crippen LogP contribution in [0.5, 0.6) is 5.75 Å². The van der Waals surface area contributed by atoms with Gasteiger partial charge in [-0.25, -0.2) is 4.39 Å². The molecule has 24 heavy (non-hydrogen) atoms. The summed E-state index contributed by atoms with van der Waals surface area (Å²) in [6.07, 6.45) is 4.18. The standard InChI is InChI=1S/C17H18FN3O3/c1-20-9-12(8-19-20)5-13-7-16(22)21(17(13)23)10-11-3-4-15(24-2)14(18)6-11/h3-4,6,8-9,13H,5,7,10H2,1-2H3/t13-/m0/s1. The second-order valence-electron chi connectivity index (χ2n) is 5.91. The van der Waals surface area contributed by atoms with Gasteiger partial charge in [-0.15, -0.1) is 0 Å². The Hall–Kier alpha value is -2.70. The van der Waals surface area contributed by atoms with E-state index >= 15 is 0 Å². The number of ether oxygens (including phenoxy) is 1. The van der Waals surface area contributed by atoms with Crippen LogP contribution in [0.15, 0.2) is 30.6 Å². The number of likely N-dealkylation sites (tertiary alicyclic amines) is 1. The third-order valence-electron chi connectivity index (χ3n) is 4.13. The van der Waals surface area contributed by atoms with Gasteiger partial charge in [0.2, 0.25) is 11.8 Å². The van der Waals surface area contributed by atoms with Crippen molar-refractivity contribution in [2.45, 2.75) is 19.4 Å². The fourth-order valence-corrected chi connectivity index (χ4v) is 2.93. The minimum Gasteiger partial charge on any atom is -0.494 e. The Kier molecular flexibility index (Phi) is 4.33. The van der Waals surface area contributed by atoms with E-state index in [0.29, 0.717) is 12.0 Å². The Morgan fingerprint density at radius 2 is 2.12 bits per heavy atom. The number of hydrogen-bond donors (Lipinski definition) is 0. The van der Waals surface area contributed by atoms with Crippen molar-refractivity contribution in [2.24, 2.45) is 13.0 Å². The van der Waals surface area contributed by atoms with Crippen LogP contribution < -0.4 is 4.74 Å². The third kappa shape index (κ3) is 3.15. The molecule has 2 heterocycles. The zero-order valence-corrected chi connectivity index (χ0v) is 13.5. The number of carbonyl (C=O) groups excluding carboxylic acids is 2. The first kappa shape index (κ1) is 16.2. The topological polar surface area (TPSA) is 64.4 Å². The summed E-state index contributed by atoms with van der Waals surface area (Å²) < 4.78 is 20.3. The molecule has 0 saturated carbocycles. The lowest BCUT2D eigenvalue weighted by Crippen LogP contribution is -2.30. The lowest BCUT2D eigenvalue weighted by molar-refractivity contribution is -0.140. The molecule has 1 aromatic carbocycles. The maximum Gasteiger partial charge on any atom is 0.233 e. The molecule has 2 aromatic rings. The van der Waals surface area contributed by atoms with E-state index in [9.17, 15) is 14.0 Å². The summed E-state index contributed by atoms with van der Waals surface area (Å²) in [5.74, 6) is -1.22. The number of imide groups is 1. The van der Waals surface area contributed by atoms with Gasteiger partial charge in [0.05, 0.1) is 25.8 Å². The van der Waals surface area contributed by atoms with Crippen molar-refractivity contribution in [1.82, 2.24) is 14.7 Å². The van der Waals surface area contributed by atoms with Gasteiger partial charge in [-0.3, -0.25) is 19.2 Å². The lowest BCUT2D eigenvalue weighted by Gasteiger charge is -2.15. The van der Waals surface area contributed by atoms with Crippen LogP contribution in [0.25, 0.3) is 0 Å². The molecule has 0 spiro atoms. The number of carbonyl (C=O) groups is 2. The Morgan fingerprint density at radius 1 is 1.33 bits per heavy atom. The first-order valence-corrected chi connectivity index (χ1v) is 7.62. The molecule has 1 aromatic heterocycles. The summed E-state index contributed by atoms with van der Waals surface area (Å²) in [7, 11) is 3.18. The van der Waals surface area contributed by atoms with Gasteiger partial charge >= 0.3 is 0 Å². The normalized spacial score (nSPS) is 17.6. The largest absolute Gasteiger partial charge is 0.494 e. The van der Waals surface area contributed by atoms with Gasteiger partial charge in [0.25, 0.3) is 0 Å². The number of methoxy groups -OCH3 is 1. The van der Waals surface area contributed by atoms with Crippen molar-refractivity contribution in [2.75, 3.05) is 7.11 Å². The zero-order chi connectivity index (χ0) is 17.3. The minimum absolute atomic E-state index is 0.0715. The van der Waals surface area contributed by atoms with Crippen molar-refractivity contribution >= 4 is 11.8 Å². The summed E-state index contributed by atoms with van der Waals surface area (Å²) in [6, 6.07) is 4.42. The molecule has 126 valence electrons. The summed E-state index contributed by atoms with van der Waals surface area (Å²) in [6.45, 7) is 0.0715. The third-order valence-corrected chi connectivity index (χ3v) is 4.13. The maximum absolute atomic E-state index is 13.8. The molecular formula is C17H18FN3O3. The molecule has 6 nitrogen and oxygen atoms in total. The van der Waals surface area contributed by atoms with Gasteiger partial charge in [0, 0.05) is 19.7 Å². The Balaban J connectivity index is 1.71. The number of halogens is 1. The molecule has 0 aliphatic carbocycles. The highest BCUT2D eigenvalue weighted by Gasteiger charge is 2.38. The number of benzene rings is 1. The molecule has 1 aliphatic heterocycles. The number of nitrogens with zero attached hydrogens (tertiary/aromatic N) is 3. The van der Waals surface area contributed by atoms with Crippen molar-refractivity contribution in [3.05, 3.63) is 47.5 Å². The van der Waals surface area contributed by atoms with Gasteiger partial charge in [-0.05, 0) is 29.7 Å². The van der Waals surface area contributed by atoms with Gasteiger partial charge in [0.1, 0.15) is 0 Å². The van der Waals surface area contributed by atoms with E-state index in [2.05, 4.69) is 5.10 Å². The molecule has 1 aliphatic rings. The van der Waals surface area contributed by atoms with Crippen LogP contribution in [0.2, 0.25) is 0 Å². The van der Waals surface area contributed by atoms with E-state index in [0.717, 1.165) is 5.56 Å². The number of amides is 2. The van der Waals surface area contributed by atoms with Gasteiger partial charge in [0.15, 0.2) is 11.6 Å². The predicted octanol–water partition coefficient (Wildman–Crippen LogP) is 1.69. The highest BCUT2D eigenvalue weighted by molar-refractivity contribution is 6.03. The first-order chi connectivity index (χ1) is 11.5. The SMILES string of the molecule is COc1ccc(CN2C(=O)C[C@H](Cc3cnn(C)c3)C2=O)cc1F. The first-order valence-electron chi connectivity index (χ1n) is 7.62. The van der Waals surface area contributed by atoms with Crippen LogP contribution >= 0.6 is 0 Å². The Morgan fingerprint density at radius 3 is 2.75 bits per heavy atom. The van der Waals surface area contributed by atoms with Crippen LogP contribution in [0.4, 0.5) is 4.39 Å². The summed E-state index contributed by atoms with van der Waals surface area (Å²) >= 11 is 0. The fraction of sp³-hybridized carbons (Fsp3) is 0.353. The molecular weight excluding hydrogens is 313 g/mol. The molecule has 1 fully saturated rings. The lowest BCUT2D eigenvalue weighted by atomic mass is 10.0. The van der Waals surface area contributed by atoms with E-state index in [-0.39, 0.29) is 36.4 Å². The maximum atomic E-state index is 13.8. The van der Waals surface area contributed by atoms with Crippen molar-refractivity contribution in [3.63, 3.8) is 0 Å².